The van der Waals surface area contributed by atoms with Gasteiger partial charge in [-0.1, -0.05) is 112 Å². The topological polar surface area (TPSA) is 0 Å². The lowest BCUT2D eigenvalue weighted by Crippen LogP contribution is -2.28. The van der Waals surface area contributed by atoms with Gasteiger partial charge in [-0.3, -0.25) is 0 Å². The van der Waals surface area contributed by atoms with E-state index in [0.29, 0.717) is 0 Å². The van der Waals surface area contributed by atoms with Gasteiger partial charge in [0.1, 0.15) is 0 Å². The number of aryl methyl sites for hydroxylation is 4. The van der Waals surface area contributed by atoms with Crippen LogP contribution < -0.4 is 0 Å². The van der Waals surface area contributed by atoms with Crippen molar-refractivity contribution in [1.82, 2.24) is 0 Å². The minimum absolute atomic E-state index is 0.333. The molecule has 2 heteroatoms. The predicted molar refractivity (Wildman–Crippen MR) is 159 cm³/mol. The normalized spacial score (nSPS) is 14.7. The molecule has 0 bridgehead atoms. The van der Waals surface area contributed by atoms with E-state index in [1.807, 2.05) is 0 Å². The molecule has 0 aliphatic heterocycles. The Labute approximate surface area is 232 Å². The predicted octanol–water partition coefficient (Wildman–Crippen LogP) is 10.1. The van der Waals surface area contributed by atoms with Gasteiger partial charge in [-0.05, 0) is 107 Å². The average molecular weight is 600 g/mol. The summed E-state index contributed by atoms with van der Waals surface area (Å²) in [6, 6.07) is 28.3. The van der Waals surface area contributed by atoms with Crippen LogP contribution in [0, 0.1) is 6.92 Å². The zero-order valence-corrected chi connectivity index (χ0v) is 24.3. The first-order valence-corrected chi connectivity index (χ1v) is 14.9. The highest BCUT2D eigenvalue weighted by atomic mass is 79.9. The summed E-state index contributed by atoms with van der Waals surface area (Å²) in [5.41, 5.74) is 13.8. The maximum absolute atomic E-state index is 3.89. The number of unbranched alkanes of at least 4 members (excludes halogenated alkanes) is 3. The van der Waals surface area contributed by atoms with Gasteiger partial charge < -0.3 is 0 Å². The van der Waals surface area contributed by atoms with Crippen LogP contribution in [0.3, 0.4) is 0 Å². The van der Waals surface area contributed by atoms with Gasteiger partial charge in [-0.15, -0.1) is 0 Å². The third-order valence-electron chi connectivity index (χ3n) is 8.28. The second-order valence-electron chi connectivity index (χ2n) is 10.6. The molecular formula is C34H32Br2. The second-order valence-corrected chi connectivity index (χ2v) is 12.4. The number of halogens is 2. The first kappa shape index (κ1) is 24.2. The molecule has 0 N–H and O–H groups in total. The van der Waals surface area contributed by atoms with E-state index < -0.39 is 0 Å². The fraction of sp³-hybridized carbons (Fsp3) is 0.294. The zero-order valence-electron chi connectivity index (χ0n) is 21.1. The zero-order chi connectivity index (χ0) is 24.9. The summed E-state index contributed by atoms with van der Waals surface area (Å²) in [6.07, 6.45) is 8.55. The summed E-state index contributed by atoms with van der Waals surface area (Å²) in [5, 5.41) is 0. The van der Waals surface area contributed by atoms with E-state index in [1.54, 1.807) is 0 Å². The van der Waals surface area contributed by atoms with E-state index in [9.17, 15) is 0 Å². The van der Waals surface area contributed by atoms with Crippen molar-refractivity contribution in [1.29, 1.82) is 0 Å². The van der Waals surface area contributed by atoms with E-state index in [2.05, 4.69) is 119 Å². The molecule has 0 nitrogen and oxygen atoms in total. The monoisotopic (exact) mass is 598 g/mol. The van der Waals surface area contributed by atoms with Gasteiger partial charge in [0, 0.05) is 8.95 Å². The lowest BCUT2D eigenvalue weighted by molar-refractivity contribution is 0.666. The summed E-state index contributed by atoms with van der Waals surface area (Å²) in [7, 11) is 0. The molecule has 4 aromatic carbocycles. The van der Waals surface area contributed by atoms with Crippen LogP contribution in [0.1, 0.15) is 77.1 Å². The van der Waals surface area contributed by atoms with Crippen LogP contribution in [0.5, 0.6) is 0 Å². The van der Waals surface area contributed by atoms with Crippen molar-refractivity contribution in [3.05, 3.63) is 126 Å². The molecule has 2 aliphatic carbocycles. The van der Waals surface area contributed by atoms with E-state index >= 15 is 0 Å². The fourth-order valence-corrected chi connectivity index (χ4v) is 7.60. The molecule has 0 fully saturated rings. The lowest BCUT2D eigenvalue weighted by atomic mass is 9.67. The summed E-state index contributed by atoms with van der Waals surface area (Å²) >= 11 is 7.78. The van der Waals surface area contributed by atoms with Crippen LogP contribution >= 0.6 is 31.9 Å². The molecular weight excluding hydrogens is 568 g/mol. The molecule has 0 radical (unpaired) electrons. The van der Waals surface area contributed by atoms with Gasteiger partial charge in [0.05, 0.1) is 5.41 Å². The molecule has 0 heterocycles. The van der Waals surface area contributed by atoms with Crippen molar-refractivity contribution in [3.8, 4) is 11.1 Å². The maximum Gasteiger partial charge on any atom is 0.0714 e. The van der Waals surface area contributed by atoms with Crippen molar-refractivity contribution in [3.63, 3.8) is 0 Å². The lowest BCUT2D eigenvalue weighted by Gasteiger charge is -2.34. The molecule has 0 saturated carbocycles. The highest BCUT2D eigenvalue weighted by Crippen LogP contribution is 2.60. The van der Waals surface area contributed by atoms with E-state index in [-0.39, 0.29) is 5.41 Å². The van der Waals surface area contributed by atoms with E-state index in [4.69, 9.17) is 0 Å². The maximum atomic E-state index is 3.89. The number of benzene rings is 4. The molecule has 182 valence electrons. The van der Waals surface area contributed by atoms with Gasteiger partial charge in [0.15, 0.2) is 0 Å². The van der Waals surface area contributed by atoms with Gasteiger partial charge in [-0.2, -0.15) is 0 Å². The Kier molecular flexibility index (Phi) is 6.46. The molecule has 4 aromatic rings. The summed E-state index contributed by atoms with van der Waals surface area (Å²) in [4.78, 5) is 0. The van der Waals surface area contributed by atoms with Crippen LogP contribution in [0.25, 0.3) is 11.1 Å². The molecule has 2 aliphatic rings. The van der Waals surface area contributed by atoms with E-state index in [0.717, 1.165) is 19.3 Å². The van der Waals surface area contributed by atoms with Crippen molar-refractivity contribution >= 4 is 31.9 Å². The molecule has 36 heavy (non-hydrogen) atoms. The van der Waals surface area contributed by atoms with Gasteiger partial charge >= 0.3 is 0 Å². The van der Waals surface area contributed by atoms with Gasteiger partial charge in [0.2, 0.25) is 0 Å². The fourth-order valence-electron chi connectivity index (χ4n) is 6.59. The van der Waals surface area contributed by atoms with Crippen LogP contribution in [0.2, 0.25) is 0 Å². The minimum Gasteiger partial charge on any atom is -0.0654 e. The SMILES string of the molecule is CCCCCCc1ccc(C2(c3ccc(C)cc3)c3cc(Br)cc4c3-c3c(cc(Br)cc32)CC4)cc1. The number of rotatable bonds is 7. The number of hydrogen-bond donors (Lipinski definition) is 0. The average Bonchev–Trinajstić information content (AvgIpc) is 3.16. The Morgan fingerprint density at radius 1 is 0.667 bits per heavy atom. The largest absolute Gasteiger partial charge is 0.0714 e. The van der Waals surface area contributed by atoms with Crippen LogP contribution in [0.4, 0.5) is 0 Å². The molecule has 6 rings (SSSR count). The van der Waals surface area contributed by atoms with Crippen LogP contribution in [-0.2, 0) is 24.7 Å². The Hall–Kier alpha value is -2.16. The Bertz CT molecular complexity index is 1370. The molecule has 0 saturated heterocycles. The smallest absolute Gasteiger partial charge is 0.0654 e. The molecule has 0 spiro atoms. The van der Waals surface area contributed by atoms with Crippen molar-refractivity contribution < 1.29 is 0 Å². The summed E-state index contributed by atoms with van der Waals surface area (Å²) < 4.78 is 2.35. The van der Waals surface area contributed by atoms with Gasteiger partial charge in [-0.25, -0.2) is 0 Å². The Morgan fingerprint density at radius 3 is 1.72 bits per heavy atom. The van der Waals surface area contributed by atoms with Crippen LogP contribution in [0.15, 0.2) is 81.7 Å². The second kappa shape index (κ2) is 9.62. The highest BCUT2D eigenvalue weighted by molar-refractivity contribution is 9.10. The molecule has 0 unspecified atom stereocenters. The van der Waals surface area contributed by atoms with Crippen molar-refractivity contribution in [2.24, 2.45) is 0 Å². The minimum atomic E-state index is -0.333. The standard InChI is InChI=1S/C34H32Br2/c1-3-4-5-6-7-23-10-16-27(17-11-23)34(26-14-8-22(2)9-15-26)30-20-28(35)18-24-12-13-25-19-29(36)21-31(34)33(25)32(24)30/h8-11,14-21H,3-7,12-13H2,1-2H3. The summed E-state index contributed by atoms with van der Waals surface area (Å²) in [6.45, 7) is 4.46. The summed E-state index contributed by atoms with van der Waals surface area (Å²) in [5.74, 6) is 0. The molecule has 0 atom stereocenters. The van der Waals surface area contributed by atoms with E-state index in [1.165, 1.54) is 90.3 Å². The third-order valence-corrected chi connectivity index (χ3v) is 9.20. The first-order valence-electron chi connectivity index (χ1n) is 13.3. The molecule has 0 aromatic heterocycles. The first-order chi connectivity index (χ1) is 17.5. The highest BCUT2D eigenvalue weighted by Gasteiger charge is 2.48. The number of hydrogen-bond acceptors (Lipinski definition) is 0. The Balaban J connectivity index is 1.61. The van der Waals surface area contributed by atoms with Crippen LogP contribution in [-0.4, -0.2) is 0 Å². The quantitative estimate of drug-likeness (QED) is 0.163. The van der Waals surface area contributed by atoms with Crippen molar-refractivity contribution in [2.45, 2.75) is 64.2 Å². The van der Waals surface area contributed by atoms with Gasteiger partial charge in [0.25, 0.3) is 0 Å². The molecule has 0 amide bonds. The Morgan fingerprint density at radius 2 is 1.19 bits per heavy atom. The van der Waals surface area contributed by atoms with Crippen molar-refractivity contribution in [2.75, 3.05) is 0 Å². The third kappa shape index (κ3) is 3.84.